The van der Waals surface area contributed by atoms with Gasteiger partial charge in [0.2, 0.25) is 0 Å². The molecule has 1 saturated heterocycles. The van der Waals surface area contributed by atoms with E-state index in [0.29, 0.717) is 39.7 Å². The van der Waals surface area contributed by atoms with Crippen LogP contribution in [0.1, 0.15) is 59.7 Å². The van der Waals surface area contributed by atoms with E-state index in [0.717, 1.165) is 55.7 Å². The van der Waals surface area contributed by atoms with Crippen LogP contribution in [-0.2, 0) is 11.3 Å². The van der Waals surface area contributed by atoms with Crippen molar-refractivity contribution in [2.45, 2.75) is 50.4 Å². The zero-order valence-electron chi connectivity index (χ0n) is 18.5. The maximum Gasteiger partial charge on any atom is 0.335 e. The molecule has 1 N–H and O–H groups in total. The number of hydrogen-bond donors (Lipinski definition) is 1. The number of rotatable bonds is 7. The molecule has 1 aromatic heterocycles. The number of aromatic carboxylic acids is 1. The second kappa shape index (κ2) is 8.29. The van der Waals surface area contributed by atoms with Crippen molar-refractivity contribution >= 4 is 34.9 Å². The molecule has 3 fully saturated rings. The summed E-state index contributed by atoms with van der Waals surface area (Å²) in [5, 5.41) is 14.9. The molecule has 2 atom stereocenters. The third kappa shape index (κ3) is 3.69. The Morgan fingerprint density at radius 2 is 1.94 bits per heavy atom. The standard InChI is InChI=1S/C26H24Cl2N2O4/c27-20-5-2-6-21(28)22(20)23-19(24(34-29-23)16-7-8-16)14-33-26-10-9-15(12-26)13-30(26)18-4-1-3-17(11-18)25(31)32/h1-6,11,15-16H,7-10,12-14H2,(H,31,32)/t15-,26-/m0/s1. The minimum atomic E-state index is -0.930. The Morgan fingerprint density at radius 1 is 1.18 bits per heavy atom. The molecule has 176 valence electrons. The average molecular weight is 499 g/mol. The predicted octanol–water partition coefficient (Wildman–Crippen LogP) is 6.76. The van der Waals surface area contributed by atoms with Crippen molar-refractivity contribution in [1.29, 1.82) is 0 Å². The second-order valence-electron chi connectivity index (χ2n) is 9.55. The quantitative estimate of drug-likeness (QED) is 0.387. The highest BCUT2D eigenvalue weighted by Gasteiger charge is 2.52. The van der Waals surface area contributed by atoms with E-state index in [-0.39, 0.29) is 5.56 Å². The molecule has 34 heavy (non-hydrogen) atoms. The van der Waals surface area contributed by atoms with E-state index < -0.39 is 11.7 Å². The third-order valence-corrected chi connectivity index (χ3v) is 7.97. The van der Waals surface area contributed by atoms with Gasteiger partial charge in [0.05, 0.1) is 22.2 Å². The van der Waals surface area contributed by atoms with E-state index in [1.165, 1.54) is 0 Å². The Labute approximate surface area is 207 Å². The molecular weight excluding hydrogens is 475 g/mol. The highest BCUT2D eigenvalue weighted by atomic mass is 35.5. The number of anilines is 1. The van der Waals surface area contributed by atoms with Gasteiger partial charge >= 0.3 is 5.97 Å². The number of piperidine rings is 1. The third-order valence-electron chi connectivity index (χ3n) is 7.34. The van der Waals surface area contributed by atoms with Gasteiger partial charge in [-0.2, -0.15) is 0 Å². The number of carboxylic acids is 1. The molecule has 2 heterocycles. The summed E-state index contributed by atoms with van der Waals surface area (Å²) >= 11 is 13.0. The van der Waals surface area contributed by atoms with E-state index in [2.05, 4.69) is 10.1 Å². The van der Waals surface area contributed by atoms with Gasteiger partial charge in [0.25, 0.3) is 0 Å². The summed E-state index contributed by atoms with van der Waals surface area (Å²) in [5.74, 6) is 0.800. The zero-order valence-corrected chi connectivity index (χ0v) is 20.0. The molecule has 2 aliphatic carbocycles. The van der Waals surface area contributed by atoms with Crippen LogP contribution < -0.4 is 4.90 Å². The molecule has 8 heteroatoms. The van der Waals surface area contributed by atoms with Crippen LogP contribution in [-0.4, -0.2) is 28.5 Å². The molecule has 2 saturated carbocycles. The van der Waals surface area contributed by atoms with Crippen molar-refractivity contribution in [2.75, 3.05) is 11.4 Å². The van der Waals surface area contributed by atoms with Crippen LogP contribution in [0.5, 0.6) is 0 Å². The monoisotopic (exact) mass is 498 g/mol. The first-order chi connectivity index (χ1) is 16.4. The molecule has 3 aromatic rings. The SMILES string of the molecule is O=C(O)c1cccc(N2C[C@H]3CC[C@]2(OCc2c(-c4c(Cl)cccc4Cl)noc2C2CC2)C3)c1. The fourth-order valence-electron chi connectivity index (χ4n) is 5.52. The van der Waals surface area contributed by atoms with Crippen LogP contribution in [0.25, 0.3) is 11.3 Å². The van der Waals surface area contributed by atoms with Crippen LogP contribution in [0.15, 0.2) is 47.0 Å². The van der Waals surface area contributed by atoms with Gasteiger partial charge in [0, 0.05) is 29.3 Å². The van der Waals surface area contributed by atoms with Crippen molar-refractivity contribution in [3.63, 3.8) is 0 Å². The van der Waals surface area contributed by atoms with Crippen molar-refractivity contribution in [3.05, 3.63) is 69.4 Å². The van der Waals surface area contributed by atoms with Gasteiger partial charge in [0.15, 0.2) is 0 Å². The Hall–Kier alpha value is -2.54. The Bertz CT molecular complexity index is 1250. The second-order valence-corrected chi connectivity index (χ2v) is 10.4. The van der Waals surface area contributed by atoms with Gasteiger partial charge in [-0.05, 0) is 68.4 Å². The number of carbonyl (C=O) groups is 1. The number of fused-ring (bicyclic) bond motifs is 2. The molecule has 2 bridgehead atoms. The van der Waals surface area contributed by atoms with Crippen LogP contribution in [0.3, 0.4) is 0 Å². The first-order valence-electron chi connectivity index (χ1n) is 11.6. The van der Waals surface area contributed by atoms with Gasteiger partial charge in [0.1, 0.15) is 17.2 Å². The lowest BCUT2D eigenvalue weighted by Gasteiger charge is -2.40. The maximum atomic E-state index is 11.5. The van der Waals surface area contributed by atoms with E-state index in [9.17, 15) is 9.90 Å². The topological polar surface area (TPSA) is 75.8 Å². The Kier molecular flexibility index (Phi) is 5.36. The lowest BCUT2D eigenvalue weighted by Crippen LogP contribution is -2.47. The largest absolute Gasteiger partial charge is 0.478 e. The lowest BCUT2D eigenvalue weighted by molar-refractivity contribution is -0.0452. The predicted molar refractivity (Wildman–Crippen MR) is 130 cm³/mol. The fraction of sp³-hybridized carbons (Fsp3) is 0.385. The molecule has 0 spiro atoms. The molecule has 3 aliphatic rings. The highest BCUT2D eigenvalue weighted by molar-refractivity contribution is 6.39. The fourth-order valence-corrected chi connectivity index (χ4v) is 6.10. The minimum absolute atomic E-state index is 0.279. The molecule has 0 amide bonds. The molecule has 6 nitrogen and oxygen atoms in total. The normalized spacial score (nSPS) is 23.6. The number of aromatic nitrogens is 1. The molecular formula is C26H24Cl2N2O4. The molecule has 2 aromatic carbocycles. The van der Waals surface area contributed by atoms with Gasteiger partial charge < -0.3 is 19.3 Å². The lowest BCUT2D eigenvalue weighted by atomic mass is 10.0. The smallest absolute Gasteiger partial charge is 0.335 e. The van der Waals surface area contributed by atoms with Gasteiger partial charge in [-0.1, -0.05) is 40.5 Å². The van der Waals surface area contributed by atoms with Crippen molar-refractivity contribution in [1.82, 2.24) is 5.16 Å². The summed E-state index contributed by atoms with van der Waals surface area (Å²) in [6.45, 7) is 1.18. The average Bonchev–Trinajstić information content (AvgIpc) is 3.31. The van der Waals surface area contributed by atoms with Crippen molar-refractivity contribution in [3.8, 4) is 11.3 Å². The zero-order chi connectivity index (χ0) is 23.4. The molecule has 0 unspecified atom stereocenters. The van der Waals surface area contributed by atoms with Crippen molar-refractivity contribution < 1.29 is 19.2 Å². The van der Waals surface area contributed by atoms with E-state index in [1.807, 2.05) is 12.1 Å². The molecule has 1 aliphatic heterocycles. The number of ether oxygens (including phenoxy) is 1. The summed E-state index contributed by atoms with van der Waals surface area (Å²) in [6.07, 6.45) is 5.04. The van der Waals surface area contributed by atoms with Gasteiger partial charge in [-0.25, -0.2) is 4.79 Å². The van der Waals surface area contributed by atoms with Gasteiger partial charge in [-0.3, -0.25) is 0 Å². The number of halogens is 2. The number of nitrogens with zero attached hydrogens (tertiary/aromatic N) is 2. The first-order valence-corrected chi connectivity index (χ1v) is 12.4. The Balaban J connectivity index is 1.34. The van der Waals surface area contributed by atoms with E-state index >= 15 is 0 Å². The summed E-state index contributed by atoms with van der Waals surface area (Å²) in [4.78, 5) is 13.8. The van der Waals surface area contributed by atoms with E-state index in [1.54, 1.807) is 30.3 Å². The summed E-state index contributed by atoms with van der Waals surface area (Å²) in [5.41, 5.74) is 2.88. The van der Waals surface area contributed by atoms with Gasteiger partial charge in [-0.15, -0.1) is 0 Å². The van der Waals surface area contributed by atoms with Crippen molar-refractivity contribution in [2.24, 2.45) is 5.92 Å². The maximum absolute atomic E-state index is 11.5. The number of benzene rings is 2. The highest BCUT2D eigenvalue weighted by Crippen LogP contribution is 2.51. The summed E-state index contributed by atoms with van der Waals surface area (Å²) in [7, 11) is 0. The molecule has 0 radical (unpaired) electrons. The summed E-state index contributed by atoms with van der Waals surface area (Å²) in [6, 6.07) is 12.5. The Morgan fingerprint density at radius 3 is 2.65 bits per heavy atom. The minimum Gasteiger partial charge on any atom is -0.478 e. The van der Waals surface area contributed by atoms with Crippen LogP contribution >= 0.6 is 23.2 Å². The first kappa shape index (κ1) is 22.0. The van der Waals surface area contributed by atoms with Crippen LogP contribution in [0, 0.1) is 5.92 Å². The van der Waals surface area contributed by atoms with E-state index in [4.69, 9.17) is 32.5 Å². The number of carboxylic acid groups (broad SMARTS) is 1. The number of hydrogen-bond acceptors (Lipinski definition) is 5. The molecule has 6 rings (SSSR count). The summed E-state index contributed by atoms with van der Waals surface area (Å²) < 4.78 is 12.5. The van der Waals surface area contributed by atoms with Crippen LogP contribution in [0.2, 0.25) is 10.0 Å². The van der Waals surface area contributed by atoms with Crippen LogP contribution in [0.4, 0.5) is 5.69 Å².